The van der Waals surface area contributed by atoms with Crippen molar-refractivity contribution in [2.24, 2.45) is 0 Å². The van der Waals surface area contributed by atoms with E-state index in [1.54, 1.807) is 30.3 Å². The van der Waals surface area contributed by atoms with Gasteiger partial charge < -0.3 is 15.4 Å². The van der Waals surface area contributed by atoms with E-state index in [0.29, 0.717) is 23.6 Å². The number of rotatable bonds is 5. The summed E-state index contributed by atoms with van der Waals surface area (Å²) in [6, 6.07) is 8.43. The molecule has 0 aliphatic carbocycles. The Morgan fingerprint density at radius 1 is 1.32 bits per heavy atom. The van der Waals surface area contributed by atoms with E-state index in [0.717, 1.165) is 0 Å². The van der Waals surface area contributed by atoms with Crippen molar-refractivity contribution < 1.29 is 14.7 Å². The highest BCUT2D eigenvalue weighted by Crippen LogP contribution is 2.15. The van der Waals surface area contributed by atoms with Gasteiger partial charge >= 0.3 is 5.97 Å². The monoisotopic (exact) mass is 302 g/mol. The summed E-state index contributed by atoms with van der Waals surface area (Å²) in [7, 11) is 0. The molecule has 116 valence electrons. The Hall–Kier alpha value is -2.63. The number of H-pyrrole nitrogens is 1. The summed E-state index contributed by atoms with van der Waals surface area (Å²) >= 11 is 0. The quantitative estimate of drug-likeness (QED) is 0.785. The van der Waals surface area contributed by atoms with Gasteiger partial charge in [-0.2, -0.15) is 0 Å². The van der Waals surface area contributed by atoms with Gasteiger partial charge in [-0.3, -0.25) is 9.59 Å². The number of benzene rings is 1. The second-order valence-electron chi connectivity index (χ2n) is 5.44. The molecule has 22 heavy (non-hydrogen) atoms. The van der Waals surface area contributed by atoms with Crippen LogP contribution in [0, 0.1) is 0 Å². The Balaban J connectivity index is 2.37. The van der Waals surface area contributed by atoms with Crippen molar-refractivity contribution in [3.63, 3.8) is 0 Å². The molecule has 6 heteroatoms. The van der Waals surface area contributed by atoms with E-state index in [4.69, 9.17) is 0 Å². The van der Waals surface area contributed by atoms with E-state index < -0.39 is 17.4 Å². The van der Waals surface area contributed by atoms with E-state index in [1.165, 1.54) is 6.92 Å². The summed E-state index contributed by atoms with van der Waals surface area (Å²) in [5.74, 6) is -1.72. The molecule has 1 aromatic carbocycles. The Kier molecular flexibility index (Phi) is 4.30. The number of aromatic nitrogens is 1. The first-order valence-electron chi connectivity index (χ1n) is 7.05. The number of aliphatic carboxylic acids is 1. The van der Waals surface area contributed by atoms with Gasteiger partial charge in [-0.25, -0.2) is 4.79 Å². The van der Waals surface area contributed by atoms with Crippen LogP contribution < -0.4 is 10.9 Å². The van der Waals surface area contributed by atoms with Crippen molar-refractivity contribution in [3.8, 4) is 0 Å². The molecule has 0 radical (unpaired) electrons. The predicted molar refractivity (Wildman–Crippen MR) is 83.0 cm³/mol. The van der Waals surface area contributed by atoms with Gasteiger partial charge in [0, 0.05) is 5.39 Å². The molecular weight excluding hydrogens is 284 g/mol. The van der Waals surface area contributed by atoms with Crippen LogP contribution in [0.25, 0.3) is 10.8 Å². The Morgan fingerprint density at radius 2 is 2.00 bits per heavy atom. The molecule has 2 aromatic rings. The third-order valence-electron chi connectivity index (χ3n) is 3.61. The van der Waals surface area contributed by atoms with Gasteiger partial charge in [-0.1, -0.05) is 31.5 Å². The minimum absolute atomic E-state index is 0.0484. The number of hydrogen-bond acceptors (Lipinski definition) is 3. The lowest BCUT2D eigenvalue weighted by Crippen LogP contribution is -2.52. The molecule has 0 spiro atoms. The highest BCUT2D eigenvalue weighted by molar-refractivity contribution is 5.98. The molecule has 6 nitrogen and oxygen atoms in total. The van der Waals surface area contributed by atoms with E-state index in [1.807, 2.05) is 6.92 Å². The van der Waals surface area contributed by atoms with Crippen molar-refractivity contribution in [2.75, 3.05) is 0 Å². The summed E-state index contributed by atoms with van der Waals surface area (Å²) in [6.07, 6.45) is 0.906. The minimum atomic E-state index is -1.37. The molecule has 1 atom stereocenters. The van der Waals surface area contributed by atoms with Crippen LogP contribution in [0.3, 0.4) is 0 Å². The summed E-state index contributed by atoms with van der Waals surface area (Å²) in [5.41, 5.74) is -1.70. The number of nitrogens with one attached hydrogen (secondary N) is 2. The average Bonchev–Trinajstić information content (AvgIpc) is 2.47. The third kappa shape index (κ3) is 3.00. The molecule has 1 unspecified atom stereocenters. The van der Waals surface area contributed by atoms with Gasteiger partial charge in [-0.05, 0) is 30.9 Å². The van der Waals surface area contributed by atoms with Gasteiger partial charge in [0.05, 0.1) is 0 Å². The molecule has 1 aromatic heterocycles. The normalized spacial score (nSPS) is 13.5. The summed E-state index contributed by atoms with van der Waals surface area (Å²) in [4.78, 5) is 38.1. The second-order valence-corrected chi connectivity index (χ2v) is 5.44. The fraction of sp³-hybridized carbons (Fsp3) is 0.312. The molecule has 0 bridgehead atoms. The van der Waals surface area contributed by atoms with E-state index >= 15 is 0 Å². The Labute approximate surface area is 127 Å². The standard InChI is InChI=1S/C16H18N2O4/c1-3-8-16(2,15(21)22)18-14(20)12-9-10-6-4-5-7-11(10)13(19)17-12/h4-7,9H,3,8H2,1-2H3,(H,17,19)(H,18,20)(H,21,22). The Morgan fingerprint density at radius 3 is 2.64 bits per heavy atom. The predicted octanol–water partition coefficient (Wildman–Crippen LogP) is 1.90. The maximum Gasteiger partial charge on any atom is 0.329 e. The molecule has 2 rings (SSSR count). The van der Waals surface area contributed by atoms with Gasteiger partial charge in [-0.15, -0.1) is 0 Å². The third-order valence-corrected chi connectivity index (χ3v) is 3.61. The molecule has 0 aliphatic rings. The first-order valence-corrected chi connectivity index (χ1v) is 7.05. The zero-order valence-electron chi connectivity index (χ0n) is 12.5. The zero-order chi connectivity index (χ0) is 16.3. The van der Waals surface area contributed by atoms with Crippen LogP contribution in [0.2, 0.25) is 0 Å². The highest BCUT2D eigenvalue weighted by atomic mass is 16.4. The van der Waals surface area contributed by atoms with Gasteiger partial charge in [0.2, 0.25) is 0 Å². The molecule has 0 fully saturated rings. The maximum absolute atomic E-state index is 12.3. The minimum Gasteiger partial charge on any atom is -0.480 e. The number of fused-ring (bicyclic) bond motifs is 1. The number of pyridine rings is 1. The van der Waals surface area contributed by atoms with E-state index in [2.05, 4.69) is 10.3 Å². The zero-order valence-corrected chi connectivity index (χ0v) is 12.5. The fourth-order valence-corrected chi connectivity index (χ4v) is 2.37. The molecule has 0 aliphatic heterocycles. The van der Waals surface area contributed by atoms with Gasteiger partial charge in [0.25, 0.3) is 11.5 Å². The summed E-state index contributed by atoms with van der Waals surface area (Å²) in [6.45, 7) is 3.29. The molecule has 0 saturated carbocycles. The molecule has 3 N–H and O–H groups in total. The van der Waals surface area contributed by atoms with Crippen molar-refractivity contribution in [3.05, 3.63) is 46.4 Å². The molecule has 1 amide bonds. The van der Waals surface area contributed by atoms with Crippen LogP contribution in [0.1, 0.15) is 37.2 Å². The average molecular weight is 302 g/mol. The van der Waals surface area contributed by atoms with Crippen molar-refractivity contribution in [2.45, 2.75) is 32.2 Å². The molecular formula is C16H18N2O4. The lowest BCUT2D eigenvalue weighted by atomic mass is 9.96. The summed E-state index contributed by atoms with van der Waals surface area (Å²) < 4.78 is 0. The van der Waals surface area contributed by atoms with Crippen LogP contribution in [-0.4, -0.2) is 27.5 Å². The number of carboxylic acid groups (broad SMARTS) is 1. The number of carbonyl (C=O) groups excluding carboxylic acids is 1. The van der Waals surface area contributed by atoms with Crippen molar-refractivity contribution >= 4 is 22.6 Å². The van der Waals surface area contributed by atoms with Gasteiger partial charge in [0.1, 0.15) is 11.2 Å². The topological polar surface area (TPSA) is 99.3 Å². The fourth-order valence-electron chi connectivity index (χ4n) is 2.37. The number of carbonyl (C=O) groups is 2. The molecule has 1 heterocycles. The SMILES string of the molecule is CCCC(C)(NC(=O)c1cc2ccccc2c(=O)[nH]1)C(=O)O. The Bertz CT molecular complexity index is 781. The number of carboxylic acids is 1. The maximum atomic E-state index is 12.3. The van der Waals surface area contributed by atoms with Crippen LogP contribution in [-0.2, 0) is 4.79 Å². The van der Waals surface area contributed by atoms with Crippen LogP contribution in [0.5, 0.6) is 0 Å². The van der Waals surface area contributed by atoms with Crippen LogP contribution >= 0.6 is 0 Å². The number of aromatic amines is 1. The summed E-state index contributed by atoms with van der Waals surface area (Å²) in [5, 5.41) is 12.9. The van der Waals surface area contributed by atoms with Gasteiger partial charge in [0.15, 0.2) is 0 Å². The first-order chi connectivity index (χ1) is 10.4. The van der Waals surface area contributed by atoms with E-state index in [9.17, 15) is 19.5 Å². The lowest BCUT2D eigenvalue weighted by Gasteiger charge is -2.25. The lowest BCUT2D eigenvalue weighted by molar-refractivity contribution is -0.144. The highest BCUT2D eigenvalue weighted by Gasteiger charge is 2.34. The smallest absolute Gasteiger partial charge is 0.329 e. The van der Waals surface area contributed by atoms with Crippen molar-refractivity contribution in [1.29, 1.82) is 0 Å². The number of amides is 1. The van der Waals surface area contributed by atoms with Crippen molar-refractivity contribution in [1.82, 2.24) is 10.3 Å². The van der Waals surface area contributed by atoms with E-state index in [-0.39, 0.29) is 11.3 Å². The van der Waals surface area contributed by atoms with Crippen LogP contribution in [0.15, 0.2) is 35.1 Å². The number of hydrogen-bond donors (Lipinski definition) is 3. The molecule has 0 saturated heterocycles. The first kappa shape index (κ1) is 15.8. The second kappa shape index (κ2) is 6.01. The largest absolute Gasteiger partial charge is 0.480 e. The van der Waals surface area contributed by atoms with Crippen LogP contribution in [0.4, 0.5) is 0 Å².